The monoisotopic (exact) mass is 542 g/mol. The van der Waals surface area contributed by atoms with E-state index in [-0.39, 0.29) is 5.57 Å². The van der Waals surface area contributed by atoms with Crippen molar-refractivity contribution in [2.45, 2.75) is 27.4 Å². The average Bonchev–Trinajstić information content (AvgIpc) is 2.76. The number of ether oxygens (including phenoxy) is 1. The molecule has 4 nitrogen and oxygen atoms in total. The van der Waals surface area contributed by atoms with E-state index in [9.17, 15) is 10.1 Å². The van der Waals surface area contributed by atoms with Crippen LogP contribution < -0.4 is 10.1 Å². The molecule has 1 amide bonds. The number of carbonyl (C=O) groups is 1. The van der Waals surface area contributed by atoms with Gasteiger partial charge in [-0.05, 0) is 97.1 Å². The van der Waals surface area contributed by atoms with Crippen molar-refractivity contribution in [3.05, 3.63) is 96.4 Å². The highest BCUT2D eigenvalue weighted by Gasteiger charge is 2.12. The second-order valence-corrected chi connectivity index (χ2v) is 9.28. The molecule has 0 unspecified atom stereocenters. The molecule has 0 aliphatic carbocycles. The van der Waals surface area contributed by atoms with Crippen molar-refractivity contribution >= 4 is 56.8 Å². The van der Waals surface area contributed by atoms with E-state index < -0.39 is 5.91 Å². The summed E-state index contributed by atoms with van der Waals surface area (Å²) in [6, 6.07) is 16.6. The molecule has 168 valence electrons. The number of benzene rings is 3. The third-order valence-corrected chi connectivity index (χ3v) is 6.57. The molecule has 0 saturated carbocycles. The lowest BCUT2D eigenvalue weighted by molar-refractivity contribution is -0.112. The highest BCUT2D eigenvalue weighted by atomic mass is 79.9. The number of nitrogens with one attached hydrogen (secondary N) is 1. The van der Waals surface area contributed by atoms with Crippen LogP contribution in [0.5, 0.6) is 5.75 Å². The van der Waals surface area contributed by atoms with Gasteiger partial charge in [0.05, 0.1) is 10.0 Å². The summed E-state index contributed by atoms with van der Waals surface area (Å²) in [5.74, 6) is 0.279. The summed E-state index contributed by atoms with van der Waals surface area (Å²) in [7, 11) is 0. The lowest BCUT2D eigenvalue weighted by Gasteiger charge is -2.14. The number of nitriles is 1. The first-order chi connectivity index (χ1) is 15.7. The van der Waals surface area contributed by atoms with Gasteiger partial charge in [-0.3, -0.25) is 4.79 Å². The van der Waals surface area contributed by atoms with Gasteiger partial charge in [-0.1, -0.05) is 45.2 Å². The van der Waals surface area contributed by atoms with Crippen molar-refractivity contribution in [3.63, 3.8) is 0 Å². The minimum atomic E-state index is -0.463. The van der Waals surface area contributed by atoms with Crippen molar-refractivity contribution in [1.29, 1.82) is 5.26 Å². The van der Waals surface area contributed by atoms with Gasteiger partial charge in [0.15, 0.2) is 0 Å². The van der Waals surface area contributed by atoms with Crippen LogP contribution in [-0.2, 0) is 11.4 Å². The number of hydrogen-bond acceptors (Lipinski definition) is 3. The highest BCUT2D eigenvalue weighted by Crippen LogP contribution is 2.28. The zero-order valence-corrected chi connectivity index (χ0v) is 21.4. The van der Waals surface area contributed by atoms with E-state index in [0.29, 0.717) is 22.3 Å². The highest BCUT2D eigenvalue weighted by molar-refractivity contribution is 9.10. The number of amides is 1. The van der Waals surface area contributed by atoms with E-state index in [1.54, 1.807) is 24.3 Å². The largest absolute Gasteiger partial charge is 0.488 e. The lowest BCUT2D eigenvalue weighted by atomic mass is 10.0. The Morgan fingerprint density at radius 2 is 1.73 bits per heavy atom. The molecule has 0 fully saturated rings. The van der Waals surface area contributed by atoms with Crippen molar-refractivity contribution in [2.75, 3.05) is 5.32 Å². The number of carbonyl (C=O) groups excluding carboxylic acids is 1. The van der Waals surface area contributed by atoms with Gasteiger partial charge in [0, 0.05) is 10.2 Å². The average molecular weight is 544 g/mol. The first-order valence-corrected chi connectivity index (χ1v) is 11.6. The minimum absolute atomic E-state index is 0.0128. The molecule has 0 aromatic heterocycles. The summed E-state index contributed by atoms with van der Waals surface area (Å²) in [5.41, 5.74) is 5.05. The second kappa shape index (κ2) is 10.9. The van der Waals surface area contributed by atoms with Crippen molar-refractivity contribution in [3.8, 4) is 11.8 Å². The zero-order chi connectivity index (χ0) is 24.1. The maximum atomic E-state index is 12.6. The van der Waals surface area contributed by atoms with E-state index in [1.807, 2.05) is 57.2 Å². The van der Waals surface area contributed by atoms with Crippen LogP contribution in [0.3, 0.4) is 0 Å². The summed E-state index contributed by atoms with van der Waals surface area (Å²) in [5, 5.41) is 13.3. The van der Waals surface area contributed by atoms with Crippen LogP contribution in [0.1, 0.15) is 27.8 Å². The van der Waals surface area contributed by atoms with Crippen molar-refractivity contribution < 1.29 is 9.53 Å². The van der Waals surface area contributed by atoms with E-state index in [2.05, 4.69) is 21.2 Å². The van der Waals surface area contributed by atoms with Crippen LogP contribution in [0.15, 0.2) is 58.6 Å². The van der Waals surface area contributed by atoms with E-state index in [4.69, 9.17) is 27.9 Å². The van der Waals surface area contributed by atoms with E-state index >= 15 is 0 Å². The lowest BCUT2D eigenvalue weighted by Crippen LogP contribution is -2.13. The Bertz CT molecular complexity index is 1270. The Hall–Kier alpha value is -2.78. The number of halogens is 3. The maximum Gasteiger partial charge on any atom is 0.266 e. The molecule has 0 bridgehead atoms. The maximum absolute atomic E-state index is 12.6. The number of nitrogens with zero attached hydrogens (tertiary/aromatic N) is 1. The van der Waals surface area contributed by atoms with Gasteiger partial charge in [-0.15, -0.1) is 0 Å². The Morgan fingerprint density at radius 3 is 2.33 bits per heavy atom. The molecule has 0 radical (unpaired) electrons. The Morgan fingerprint density at radius 1 is 1.03 bits per heavy atom. The fraction of sp³-hybridized carbons (Fsp3) is 0.154. The minimum Gasteiger partial charge on any atom is -0.488 e. The molecule has 0 atom stereocenters. The van der Waals surface area contributed by atoms with Crippen LogP contribution in [-0.4, -0.2) is 5.91 Å². The van der Waals surface area contributed by atoms with E-state index in [0.717, 1.165) is 38.0 Å². The third kappa shape index (κ3) is 6.39. The van der Waals surface area contributed by atoms with Gasteiger partial charge in [0.2, 0.25) is 0 Å². The second-order valence-electron chi connectivity index (χ2n) is 7.61. The molecule has 1 N–H and O–H groups in total. The first kappa shape index (κ1) is 24.9. The summed E-state index contributed by atoms with van der Waals surface area (Å²) in [6.07, 6.45) is 1.57. The van der Waals surface area contributed by atoms with Crippen LogP contribution >= 0.6 is 39.1 Å². The first-order valence-electron chi connectivity index (χ1n) is 10.0. The molecule has 0 heterocycles. The zero-order valence-electron chi connectivity index (χ0n) is 18.3. The van der Waals surface area contributed by atoms with Crippen LogP contribution in [0.25, 0.3) is 6.08 Å². The smallest absolute Gasteiger partial charge is 0.266 e. The summed E-state index contributed by atoms with van der Waals surface area (Å²) in [4.78, 5) is 12.6. The standard InChI is InChI=1S/C26H21BrCl2N2O2/c1-15-10-21(5-6-22(15)27)31-26(32)20(13-30)11-19-8-16(2)25(17(3)9-19)33-14-18-4-7-23(28)24(29)12-18/h4-12H,14H2,1-3H3,(H,31,32)/b20-11+. The number of anilines is 1. The van der Waals surface area contributed by atoms with Gasteiger partial charge < -0.3 is 10.1 Å². The van der Waals surface area contributed by atoms with Gasteiger partial charge >= 0.3 is 0 Å². The normalized spacial score (nSPS) is 11.1. The topological polar surface area (TPSA) is 62.1 Å². The van der Waals surface area contributed by atoms with Gasteiger partial charge in [0.25, 0.3) is 5.91 Å². The molecule has 33 heavy (non-hydrogen) atoms. The molecule has 0 spiro atoms. The molecule has 3 rings (SSSR count). The van der Waals surface area contributed by atoms with Gasteiger partial charge in [-0.2, -0.15) is 5.26 Å². The predicted octanol–water partition coefficient (Wildman–Crippen LogP) is 7.81. The predicted molar refractivity (Wildman–Crippen MR) is 138 cm³/mol. The molecule has 3 aromatic rings. The fourth-order valence-corrected chi connectivity index (χ4v) is 3.88. The van der Waals surface area contributed by atoms with Gasteiger partial charge in [-0.25, -0.2) is 0 Å². The molecule has 0 aliphatic heterocycles. The molecular weight excluding hydrogens is 523 g/mol. The molecular formula is C26H21BrCl2N2O2. The number of aryl methyl sites for hydroxylation is 3. The van der Waals surface area contributed by atoms with Crippen LogP contribution in [0.4, 0.5) is 5.69 Å². The van der Waals surface area contributed by atoms with E-state index in [1.165, 1.54) is 0 Å². The number of rotatable bonds is 6. The summed E-state index contributed by atoms with van der Waals surface area (Å²) in [6.45, 7) is 6.11. The summed E-state index contributed by atoms with van der Waals surface area (Å²) >= 11 is 15.5. The van der Waals surface area contributed by atoms with Gasteiger partial charge in [0.1, 0.15) is 24.0 Å². The van der Waals surface area contributed by atoms with Crippen LogP contribution in [0.2, 0.25) is 10.0 Å². The molecule has 7 heteroatoms. The molecule has 3 aromatic carbocycles. The third-order valence-electron chi connectivity index (χ3n) is 4.94. The Labute approximate surface area is 211 Å². The fourth-order valence-electron chi connectivity index (χ4n) is 3.32. The molecule has 0 saturated heterocycles. The summed E-state index contributed by atoms with van der Waals surface area (Å²) < 4.78 is 6.96. The van der Waals surface area contributed by atoms with Crippen molar-refractivity contribution in [1.82, 2.24) is 0 Å². The van der Waals surface area contributed by atoms with Crippen molar-refractivity contribution in [2.24, 2.45) is 0 Å². The van der Waals surface area contributed by atoms with Crippen LogP contribution in [0, 0.1) is 32.1 Å². The number of hydrogen-bond donors (Lipinski definition) is 1. The SMILES string of the molecule is Cc1cc(NC(=O)/C(C#N)=C/c2cc(C)c(OCc3ccc(Cl)c(Cl)c3)c(C)c2)ccc1Br. The Kier molecular flexibility index (Phi) is 8.20. The quantitative estimate of drug-likeness (QED) is 0.255. The Balaban J connectivity index is 1.77. The molecule has 0 aliphatic rings.